The van der Waals surface area contributed by atoms with Gasteiger partial charge in [0.15, 0.2) is 11.0 Å². The smallest absolute Gasteiger partial charge is 0.191 e. The SMILES string of the molecule is c1ccc(-c2nnc3n2CCCCS3)cc1. The van der Waals surface area contributed by atoms with Crippen LogP contribution in [-0.4, -0.2) is 20.5 Å². The summed E-state index contributed by atoms with van der Waals surface area (Å²) < 4.78 is 2.24. The number of fused-ring (bicyclic) bond motifs is 1. The van der Waals surface area contributed by atoms with Crippen molar-refractivity contribution >= 4 is 11.8 Å². The fourth-order valence-corrected chi connectivity index (χ4v) is 2.90. The summed E-state index contributed by atoms with van der Waals surface area (Å²) in [5.74, 6) is 2.16. The van der Waals surface area contributed by atoms with E-state index in [-0.39, 0.29) is 0 Å². The summed E-state index contributed by atoms with van der Waals surface area (Å²) in [5.41, 5.74) is 1.16. The average Bonchev–Trinajstić information content (AvgIpc) is 2.60. The van der Waals surface area contributed by atoms with Crippen LogP contribution < -0.4 is 0 Å². The molecule has 0 fully saturated rings. The monoisotopic (exact) mass is 231 g/mol. The van der Waals surface area contributed by atoms with E-state index in [2.05, 4.69) is 26.9 Å². The van der Waals surface area contributed by atoms with Crippen molar-refractivity contribution in [2.24, 2.45) is 0 Å². The normalized spacial score (nSPS) is 15.5. The highest BCUT2D eigenvalue weighted by molar-refractivity contribution is 7.99. The number of hydrogen-bond acceptors (Lipinski definition) is 3. The van der Waals surface area contributed by atoms with Crippen LogP contribution >= 0.6 is 11.8 Å². The summed E-state index contributed by atoms with van der Waals surface area (Å²) in [6.07, 6.45) is 2.49. The minimum atomic E-state index is 1.00. The summed E-state index contributed by atoms with van der Waals surface area (Å²) in [4.78, 5) is 0. The van der Waals surface area contributed by atoms with Crippen LogP contribution in [-0.2, 0) is 6.54 Å². The zero-order valence-electron chi connectivity index (χ0n) is 8.97. The van der Waals surface area contributed by atoms with Crippen LogP contribution in [0.25, 0.3) is 11.4 Å². The minimum absolute atomic E-state index is 1.00. The van der Waals surface area contributed by atoms with Crippen molar-refractivity contribution in [1.82, 2.24) is 14.8 Å². The van der Waals surface area contributed by atoms with Gasteiger partial charge in [-0.15, -0.1) is 10.2 Å². The van der Waals surface area contributed by atoms with Crippen molar-refractivity contribution in [3.63, 3.8) is 0 Å². The van der Waals surface area contributed by atoms with Gasteiger partial charge in [-0.1, -0.05) is 42.1 Å². The summed E-state index contributed by atoms with van der Waals surface area (Å²) in [7, 11) is 0. The second kappa shape index (κ2) is 4.29. The third-order valence-electron chi connectivity index (χ3n) is 2.76. The van der Waals surface area contributed by atoms with Crippen molar-refractivity contribution in [2.45, 2.75) is 24.5 Å². The molecule has 0 radical (unpaired) electrons. The summed E-state index contributed by atoms with van der Waals surface area (Å²) in [6, 6.07) is 10.3. The molecule has 0 bridgehead atoms. The molecule has 3 nitrogen and oxygen atoms in total. The Labute approximate surface area is 98.9 Å². The highest BCUT2D eigenvalue weighted by Gasteiger charge is 2.15. The van der Waals surface area contributed by atoms with Gasteiger partial charge in [-0.25, -0.2) is 0 Å². The van der Waals surface area contributed by atoms with Crippen LogP contribution in [0.4, 0.5) is 0 Å². The Kier molecular flexibility index (Phi) is 2.66. The predicted octanol–water partition coefficient (Wildman–Crippen LogP) is 2.83. The number of benzene rings is 1. The lowest BCUT2D eigenvalue weighted by atomic mass is 10.2. The molecule has 2 heterocycles. The van der Waals surface area contributed by atoms with E-state index in [0.29, 0.717) is 0 Å². The molecule has 0 saturated heterocycles. The lowest BCUT2D eigenvalue weighted by Gasteiger charge is -2.05. The van der Waals surface area contributed by atoms with Crippen LogP contribution in [0.2, 0.25) is 0 Å². The van der Waals surface area contributed by atoms with E-state index in [1.807, 2.05) is 30.0 Å². The number of thioether (sulfide) groups is 1. The molecule has 0 spiro atoms. The molecule has 0 amide bonds. The summed E-state index contributed by atoms with van der Waals surface area (Å²) in [6.45, 7) is 1.04. The van der Waals surface area contributed by atoms with E-state index in [1.165, 1.54) is 12.8 Å². The van der Waals surface area contributed by atoms with Gasteiger partial charge in [0, 0.05) is 17.9 Å². The van der Waals surface area contributed by atoms with E-state index in [0.717, 1.165) is 28.8 Å². The molecule has 2 aromatic rings. The Morgan fingerprint density at radius 1 is 1.06 bits per heavy atom. The standard InChI is InChI=1S/C12H13N3S/c1-2-6-10(7-3-1)11-13-14-12-15(11)8-4-5-9-16-12/h1-3,6-7H,4-5,8-9H2. The Bertz CT molecular complexity index is 478. The first-order valence-electron chi connectivity index (χ1n) is 5.56. The molecule has 1 aromatic carbocycles. The highest BCUT2D eigenvalue weighted by atomic mass is 32.2. The molecule has 82 valence electrons. The molecular formula is C12H13N3S. The van der Waals surface area contributed by atoms with Gasteiger partial charge in [-0.05, 0) is 12.8 Å². The van der Waals surface area contributed by atoms with Crippen LogP contribution in [0.5, 0.6) is 0 Å². The molecule has 0 saturated carbocycles. The molecule has 3 rings (SSSR count). The van der Waals surface area contributed by atoms with E-state index in [9.17, 15) is 0 Å². The van der Waals surface area contributed by atoms with Gasteiger partial charge in [-0.3, -0.25) is 0 Å². The summed E-state index contributed by atoms with van der Waals surface area (Å²) >= 11 is 1.81. The van der Waals surface area contributed by atoms with Gasteiger partial charge in [0.2, 0.25) is 0 Å². The topological polar surface area (TPSA) is 30.7 Å². The molecule has 4 heteroatoms. The maximum absolute atomic E-state index is 4.30. The van der Waals surface area contributed by atoms with Crippen LogP contribution in [0.3, 0.4) is 0 Å². The fraction of sp³-hybridized carbons (Fsp3) is 0.333. The average molecular weight is 231 g/mol. The molecule has 16 heavy (non-hydrogen) atoms. The first-order chi connectivity index (χ1) is 7.95. The second-order valence-electron chi connectivity index (χ2n) is 3.88. The predicted molar refractivity (Wildman–Crippen MR) is 65.4 cm³/mol. The third-order valence-corrected chi connectivity index (χ3v) is 3.81. The number of aromatic nitrogens is 3. The third kappa shape index (κ3) is 1.73. The van der Waals surface area contributed by atoms with Crippen molar-refractivity contribution in [3.05, 3.63) is 30.3 Å². The Morgan fingerprint density at radius 2 is 1.94 bits per heavy atom. The lowest BCUT2D eigenvalue weighted by Crippen LogP contribution is -2.00. The van der Waals surface area contributed by atoms with Gasteiger partial charge in [0.25, 0.3) is 0 Å². The van der Waals surface area contributed by atoms with Gasteiger partial charge >= 0.3 is 0 Å². The van der Waals surface area contributed by atoms with Gasteiger partial charge in [-0.2, -0.15) is 0 Å². The highest BCUT2D eigenvalue weighted by Crippen LogP contribution is 2.27. The van der Waals surface area contributed by atoms with Crippen molar-refractivity contribution < 1.29 is 0 Å². The maximum atomic E-state index is 4.30. The van der Waals surface area contributed by atoms with Gasteiger partial charge in [0.1, 0.15) is 0 Å². The molecule has 1 aliphatic rings. The molecule has 0 unspecified atom stereocenters. The maximum Gasteiger partial charge on any atom is 0.191 e. The zero-order valence-corrected chi connectivity index (χ0v) is 9.78. The molecule has 0 N–H and O–H groups in total. The fourth-order valence-electron chi connectivity index (χ4n) is 1.93. The van der Waals surface area contributed by atoms with Crippen LogP contribution in [0.15, 0.2) is 35.5 Å². The first-order valence-corrected chi connectivity index (χ1v) is 6.55. The van der Waals surface area contributed by atoms with Crippen molar-refractivity contribution in [3.8, 4) is 11.4 Å². The molecule has 1 aromatic heterocycles. The van der Waals surface area contributed by atoms with Gasteiger partial charge in [0.05, 0.1) is 0 Å². The second-order valence-corrected chi connectivity index (χ2v) is 4.94. The van der Waals surface area contributed by atoms with E-state index >= 15 is 0 Å². The number of hydrogen-bond donors (Lipinski definition) is 0. The Hall–Kier alpha value is -1.29. The van der Waals surface area contributed by atoms with E-state index < -0.39 is 0 Å². The Balaban J connectivity index is 2.06. The lowest BCUT2D eigenvalue weighted by molar-refractivity contribution is 0.607. The zero-order chi connectivity index (χ0) is 10.8. The molecule has 0 atom stereocenters. The van der Waals surface area contributed by atoms with E-state index in [4.69, 9.17) is 0 Å². The molecule has 0 aliphatic carbocycles. The summed E-state index contributed by atoms with van der Waals surface area (Å²) in [5, 5.41) is 9.64. The number of rotatable bonds is 1. The molecular weight excluding hydrogens is 218 g/mol. The molecule has 1 aliphatic heterocycles. The largest absolute Gasteiger partial charge is 0.302 e. The van der Waals surface area contributed by atoms with Gasteiger partial charge < -0.3 is 4.57 Å². The van der Waals surface area contributed by atoms with Crippen molar-refractivity contribution in [1.29, 1.82) is 0 Å². The first kappa shape index (κ1) is 9.90. The minimum Gasteiger partial charge on any atom is -0.302 e. The number of nitrogens with zero attached hydrogens (tertiary/aromatic N) is 3. The quantitative estimate of drug-likeness (QED) is 0.756. The van der Waals surface area contributed by atoms with Crippen LogP contribution in [0.1, 0.15) is 12.8 Å². The van der Waals surface area contributed by atoms with Crippen LogP contribution in [0, 0.1) is 0 Å². The Morgan fingerprint density at radius 3 is 2.81 bits per heavy atom. The van der Waals surface area contributed by atoms with E-state index in [1.54, 1.807) is 0 Å². The van der Waals surface area contributed by atoms with Crippen molar-refractivity contribution in [2.75, 3.05) is 5.75 Å².